The zero-order chi connectivity index (χ0) is 15.0. The van der Waals surface area contributed by atoms with Crippen LogP contribution in [0, 0.1) is 6.92 Å². The molecule has 114 valence electrons. The number of nitrogens with zero attached hydrogens (tertiary/aromatic N) is 1. The summed E-state index contributed by atoms with van der Waals surface area (Å²) in [5.74, 6) is -0.220. The molecule has 21 heavy (non-hydrogen) atoms. The molecule has 2 atom stereocenters. The minimum Gasteiger partial charge on any atom is -0.393 e. The van der Waals surface area contributed by atoms with Crippen molar-refractivity contribution in [1.82, 2.24) is 10.2 Å². The van der Waals surface area contributed by atoms with E-state index in [0.717, 1.165) is 17.7 Å². The summed E-state index contributed by atoms with van der Waals surface area (Å²) in [6.45, 7) is 1.99. The highest BCUT2D eigenvalue weighted by atomic mass is 32.1. The van der Waals surface area contributed by atoms with Crippen LogP contribution in [0.25, 0.3) is 0 Å². The summed E-state index contributed by atoms with van der Waals surface area (Å²) in [6, 6.07) is 3.97. The Morgan fingerprint density at radius 1 is 1.33 bits per heavy atom. The van der Waals surface area contributed by atoms with E-state index in [1.54, 1.807) is 6.07 Å². The van der Waals surface area contributed by atoms with Gasteiger partial charge in [-0.05, 0) is 44.7 Å². The van der Waals surface area contributed by atoms with Crippen molar-refractivity contribution in [2.45, 2.75) is 50.8 Å². The lowest BCUT2D eigenvalue weighted by atomic mass is 10.00. The first-order chi connectivity index (χ1) is 10.0. The Morgan fingerprint density at radius 3 is 2.57 bits per heavy atom. The number of rotatable bonds is 3. The molecule has 2 bridgehead atoms. The van der Waals surface area contributed by atoms with Crippen LogP contribution in [-0.2, 0) is 4.79 Å². The Kier molecular flexibility index (Phi) is 3.99. The Morgan fingerprint density at radius 2 is 2.00 bits per heavy atom. The molecule has 0 spiro atoms. The van der Waals surface area contributed by atoms with Crippen molar-refractivity contribution < 1.29 is 14.7 Å². The zero-order valence-corrected chi connectivity index (χ0v) is 12.9. The minimum atomic E-state index is -0.282. The van der Waals surface area contributed by atoms with Crippen molar-refractivity contribution >= 4 is 23.2 Å². The molecule has 1 aromatic rings. The topological polar surface area (TPSA) is 69.6 Å². The van der Waals surface area contributed by atoms with Crippen molar-refractivity contribution in [1.29, 1.82) is 0 Å². The maximum Gasteiger partial charge on any atom is 0.261 e. The van der Waals surface area contributed by atoms with E-state index < -0.39 is 0 Å². The van der Waals surface area contributed by atoms with Crippen LogP contribution in [0.2, 0.25) is 0 Å². The van der Waals surface area contributed by atoms with Gasteiger partial charge in [0.15, 0.2) is 0 Å². The van der Waals surface area contributed by atoms with Crippen LogP contribution in [0.1, 0.15) is 40.2 Å². The van der Waals surface area contributed by atoms with Crippen LogP contribution >= 0.6 is 11.3 Å². The number of fused-ring (bicyclic) bond motifs is 2. The molecule has 5 nitrogen and oxygen atoms in total. The molecule has 0 aromatic carbocycles. The van der Waals surface area contributed by atoms with Gasteiger partial charge in [-0.3, -0.25) is 9.59 Å². The molecular weight excluding hydrogens is 288 g/mol. The van der Waals surface area contributed by atoms with Crippen molar-refractivity contribution in [2.24, 2.45) is 0 Å². The molecule has 2 aliphatic rings. The second-order valence-electron chi connectivity index (χ2n) is 5.90. The summed E-state index contributed by atoms with van der Waals surface area (Å²) in [6.07, 6.45) is 2.98. The van der Waals surface area contributed by atoms with Gasteiger partial charge in [0.2, 0.25) is 5.91 Å². The van der Waals surface area contributed by atoms with E-state index >= 15 is 0 Å². The number of hydrogen-bond acceptors (Lipinski definition) is 4. The monoisotopic (exact) mass is 308 g/mol. The predicted octanol–water partition coefficient (Wildman–Crippen LogP) is 1.30. The Hall–Kier alpha value is -1.40. The van der Waals surface area contributed by atoms with Crippen LogP contribution in [-0.4, -0.2) is 46.6 Å². The summed E-state index contributed by atoms with van der Waals surface area (Å²) < 4.78 is 0. The van der Waals surface area contributed by atoms with Crippen molar-refractivity contribution in [3.05, 3.63) is 21.9 Å². The van der Waals surface area contributed by atoms with Crippen molar-refractivity contribution in [2.75, 3.05) is 6.54 Å². The van der Waals surface area contributed by atoms with Crippen LogP contribution in [0.5, 0.6) is 0 Å². The molecule has 1 aromatic heterocycles. The molecule has 0 aliphatic carbocycles. The third-order valence-electron chi connectivity index (χ3n) is 4.36. The lowest BCUT2D eigenvalue weighted by Gasteiger charge is -2.37. The molecular formula is C15H20N2O3S. The smallest absolute Gasteiger partial charge is 0.261 e. The molecule has 2 amide bonds. The lowest BCUT2D eigenvalue weighted by Crippen LogP contribution is -2.51. The van der Waals surface area contributed by atoms with Gasteiger partial charge in [-0.25, -0.2) is 0 Å². The SMILES string of the molecule is Cc1ccc(C(=O)NCC(=O)N2C3CCC2CC(O)C3)s1. The van der Waals surface area contributed by atoms with Crippen molar-refractivity contribution in [3.8, 4) is 0 Å². The quantitative estimate of drug-likeness (QED) is 0.884. The highest BCUT2D eigenvalue weighted by Gasteiger charge is 2.42. The van der Waals surface area contributed by atoms with E-state index in [1.165, 1.54) is 11.3 Å². The maximum absolute atomic E-state index is 12.3. The van der Waals surface area contributed by atoms with Gasteiger partial charge in [-0.15, -0.1) is 11.3 Å². The summed E-state index contributed by atoms with van der Waals surface area (Å²) in [5, 5.41) is 12.5. The normalized spacial score (nSPS) is 27.7. The number of piperidine rings is 1. The number of aliphatic hydroxyl groups is 1. The van der Waals surface area contributed by atoms with Crippen molar-refractivity contribution in [3.63, 3.8) is 0 Å². The van der Waals surface area contributed by atoms with Gasteiger partial charge >= 0.3 is 0 Å². The zero-order valence-electron chi connectivity index (χ0n) is 12.0. The molecule has 2 N–H and O–H groups in total. The van der Waals surface area contributed by atoms with Crippen LogP contribution in [0.15, 0.2) is 12.1 Å². The molecule has 3 heterocycles. The number of hydrogen-bond donors (Lipinski definition) is 2. The Labute approximate surface area is 128 Å². The third-order valence-corrected chi connectivity index (χ3v) is 5.36. The van der Waals surface area contributed by atoms with Crippen LogP contribution < -0.4 is 5.32 Å². The molecule has 6 heteroatoms. The van der Waals surface area contributed by atoms with E-state index in [-0.39, 0.29) is 36.5 Å². The third kappa shape index (κ3) is 2.96. The molecule has 2 saturated heterocycles. The number of carbonyl (C=O) groups is 2. The summed E-state index contributed by atoms with van der Waals surface area (Å²) in [4.78, 5) is 27.9. The largest absolute Gasteiger partial charge is 0.393 e. The molecule has 3 rings (SSSR count). The second-order valence-corrected chi connectivity index (χ2v) is 7.19. The molecule has 2 aliphatic heterocycles. The first kappa shape index (κ1) is 14.5. The number of amides is 2. The maximum atomic E-state index is 12.3. The molecule has 0 radical (unpaired) electrons. The predicted molar refractivity (Wildman–Crippen MR) is 80.3 cm³/mol. The Balaban J connectivity index is 1.56. The lowest BCUT2D eigenvalue weighted by molar-refractivity contribution is -0.136. The van der Waals surface area contributed by atoms with E-state index in [9.17, 15) is 14.7 Å². The fourth-order valence-electron chi connectivity index (χ4n) is 3.45. The fraction of sp³-hybridized carbons (Fsp3) is 0.600. The van der Waals surface area contributed by atoms with E-state index in [2.05, 4.69) is 5.32 Å². The molecule has 0 saturated carbocycles. The van der Waals surface area contributed by atoms with Gasteiger partial charge in [0, 0.05) is 17.0 Å². The summed E-state index contributed by atoms with van der Waals surface area (Å²) >= 11 is 1.43. The van der Waals surface area contributed by atoms with Crippen LogP contribution in [0.4, 0.5) is 0 Å². The van der Waals surface area contributed by atoms with Gasteiger partial charge in [-0.2, -0.15) is 0 Å². The number of nitrogens with one attached hydrogen (secondary N) is 1. The number of aliphatic hydroxyl groups excluding tert-OH is 1. The fourth-order valence-corrected chi connectivity index (χ4v) is 4.23. The van der Waals surface area contributed by atoms with Gasteiger partial charge < -0.3 is 15.3 Å². The number of carbonyl (C=O) groups excluding carboxylic acids is 2. The summed E-state index contributed by atoms with van der Waals surface area (Å²) in [7, 11) is 0. The first-order valence-corrected chi connectivity index (χ1v) is 8.20. The standard InChI is InChI=1S/C15H20N2O3S/c1-9-2-5-13(21-9)15(20)16-8-14(19)17-10-3-4-11(17)7-12(18)6-10/h2,5,10-12,18H,3-4,6-8H2,1H3,(H,16,20). The highest BCUT2D eigenvalue weighted by Crippen LogP contribution is 2.35. The van der Waals surface area contributed by atoms with E-state index in [4.69, 9.17) is 0 Å². The van der Waals surface area contributed by atoms with Gasteiger partial charge in [0.1, 0.15) is 0 Å². The van der Waals surface area contributed by atoms with Gasteiger partial charge in [0.25, 0.3) is 5.91 Å². The average Bonchev–Trinajstić information content (AvgIpc) is 2.98. The van der Waals surface area contributed by atoms with Gasteiger partial charge in [0.05, 0.1) is 17.5 Å². The molecule has 2 fully saturated rings. The molecule has 2 unspecified atom stereocenters. The number of thiophene rings is 1. The van der Waals surface area contributed by atoms with E-state index in [0.29, 0.717) is 17.7 Å². The Bertz CT molecular complexity index is 543. The second kappa shape index (κ2) is 5.77. The van der Waals surface area contributed by atoms with E-state index in [1.807, 2.05) is 17.9 Å². The van der Waals surface area contributed by atoms with Gasteiger partial charge in [-0.1, -0.05) is 0 Å². The number of aryl methyl sites for hydroxylation is 1. The summed E-state index contributed by atoms with van der Waals surface area (Å²) in [5.41, 5.74) is 0. The first-order valence-electron chi connectivity index (χ1n) is 7.38. The minimum absolute atomic E-state index is 0.0315. The average molecular weight is 308 g/mol. The van der Waals surface area contributed by atoms with Crippen LogP contribution in [0.3, 0.4) is 0 Å². The highest BCUT2D eigenvalue weighted by molar-refractivity contribution is 7.13.